The third kappa shape index (κ3) is 12.7. The molecule has 0 bridgehead atoms. The van der Waals surface area contributed by atoms with Crippen molar-refractivity contribution < 1.29 is 24.3 Å². The summed E-state index contributed by atoms with van der Waals surface area (Å²) < 4.78 is 0. The quantitative estimate of drug-likeness (QED) is 0.170. The van der Waals surface area contributed by atoms with E-state index in [1.165, 1.54) is 11.8 Å². The summed E-state index contributed by atoms with van der Waals surface area (Å²) in [4.78, 5) is 48.1. The SMILES string of the molecule is CSCCC(NC(=O)CNC(=O)C(CC(C)C)NC(=O)C(N)CCCCN)C(=O)O. The van der Waals surface area contributed by atoms with Crippen molar-refractivity contribution in [1.82, 2.24) is 16.0 Å². The summed E-state index contributed by atoms with van der Waals surface area (Å²) in [6.45, 7) is 3.96. The van der Waals surface area contributed by atoms with Gasteiger partial charge in [-0.1, -0.05) is 20.3 Å². The van der Waals surface area contributed by atoms with Gasteiger partial charge in [-0.2, -0.15) is 11.8 Å². The molecular formula is C19H37N5O5S. The van der Waals surface area contributed by atoms with E-state index in [4.69, 9.17) is 16.6 Å². The highest BCUT2D eigenvalue weighted by molar-refractivity contribution is 7.98. The van der Waals surface area contributed by atoms with E-state index in [9.17, 15) is 19.2 Å². The number of hydrogen-bond acceptors (Lipinski definition) is 7. The molecule has 30 heavy (non-hydrogen) atoms. The standard InChI is InChI=1S/C19H37N5O5S/c1-12(2)10-15(24-17(26)13(21)6-4-5-8-20)18(27)22-11-16(25)23-14(19(28)29)7-9-30-3/h12-15H,4-11,20-21H2,1-3H3,(H,22,27)(H,23,25)(H,24,26)(H,28,29). The van der Waals surface area contributed by atoms with Crippen molar-refractivity contribution in [3.8, 4) is 0 Å². The molecule has 3 atom stereocenters. The van der Waals surface area contributed by atoms with Crippen molar-refractivity contribution in [2.24, 2.45) is 17.4 Å². The molecule has 3 unspecified atom stereocenters. The first-order valence-electron chi connectivity index (χ1n) is 10.2. The first-order valence-corrected chi connectivity index (χ1v) is 11.6. The van der Waals surface area contributed by atoms with Gasteiger partial charge in [0.2, 0.25) is 17.7 Å². The second kappa shape index (κ2) is 15.9. The van der Waals surface area contributed by atoms with E-state index in [1.54, 1.807) is 0 Å². The number of aliphatic carboxylic acids is 1. The number of nitrogens with two attached hydrogens (primary N) is 2. The van der Waals surface area contributed by atoms with Gasteiger partial charge in [0.25, 0.3) is 0 Å². The van der Waals surface area contributed by atoms with Crippen LogP contribution in [0.4, 0.5) is 0 Å². The maximum absolute atomic E-state index is 12.5. The highest BCUT2D eigenvalue weighted by atomic mass is 32.2. The molecule has 0 fully saturated rings. The van der Waals surface area contributed by atoms with Gasteiger partial charge in [-0.15, -0.1) is 0 Å². The summed E-state index contributed by atoms with van der Waals surface area (Å²) in [7, 11) is 0. The van der Waals surface area contributed by atoms with Gasteiger partial charge in [0.1, 0.15) is 12.1 Å². The van der Waals surface area contributed by atoms with E-state index in [1.807, 2.05) is 20.1 Å². The number of thioether (sulfide) groups is 1. The highest BCUT2D eigenvalue weighted by Gasteiger charge is 2.25. The molecule has 0 heterocycles. The molecule has 3 amide bonds. The molecule has 0 radical (unpaired) electrons. The van der Waals surface area contributed by atoms with Crippen molar-refractivity contribution in [2.45, 2.75) is 64.1 Å². The fourth-order valence-corrected chi connectivity index (χ4v) is 3.12. The van der Waals surface area contributed by atoms with E-state index in [0.717, 1.165) is 6.42 Å². The molecule has 0 saturated carbocycles. The average Bonchev–Trinajstić information content (AvgIpc) is 2.68. The molecule has 8 N–H and O–H groups in total. The smallest absolute Gasteiger partial charge is 0.326 e. The Balaban J connectivity index is 4.73. The number of nitrogens with one attached hydrogen (secondary N) is 3. The van der Waals surface area contributed by atoms with E-state index in [2.05, 4.69) is 16.0 Å². The Hall–Kier alpha value is -1.85. The van der Waals surface area contributed by atoms with Crippen molar-refractivity contribution in [1.29, 1.82) is 0 Å². The second-order valence-corrected chi connectivity index (χ2v) is 8.52. The van der Waals surface area contributed by atoms with Gasteiger partial charge < -0.3 is 32.5 Å². The lowest BCUT2D eigenvalue weighted by molar-refractivity contribution is -0.141. The minimum Gasteiger partial charge on any atom is -0.480 e. The van der Waals surface area contributed by atoms with Crippen LogP contribution in [0.5, 0.6) is 0 Å². The Morgan fingerprint density at radius 1 is 1.00 bits per heavy atom. The fourth-order valence-electron chi connectivity index (χ4n) is 2.65. The van der Waals surface area contributed by atoms with Crippen molar-refractivity contribution in [3.63, 3.8) is 0 Å². The van der Waals surface area contributed by atoms with E-state index < -0.39 is 41.8 Å². The molecule has 0 aromatic rings. The number of carbonyl (C=O) groups is 4. The number of hydrogen-bond donors (Lipinski definition) is 6. The number of rotatable bonds is 16. The van der Waals surface area contributed by atoms with E-state index >= 15 is 0 Å². The monoisotopic (exact) mass is 447 g/mol. The van der Waals surface area contributed by atoms with E-state index in [-0.39, 0.29) is 18.9 Å². The fraction of sp³-hybridized carbons (Fsp3) is 0.789. The molecule has 0 saturated heterocycles. The first-order chi connectivity index (χ1) is 14.1. The maximum atomic E-state index is 12.5. The molecule has 0 aromatic carbocycles. The first kappa shape index (κ1) is 28.1. The summed E-state index contributed by atoms with van der Waals surface area (Å²) in [5.41, 5.74) is 11.3. The van der Waals surface area contributed by atoms with Crippen molar-refractivity contribution >= 4 is 35.5 Å². The van der Waals surface area contributed by atoms with Gasteiger partial charge in [-0.3, -0.25) is 14.4 Å². The Morgan fingerprint density at radius 2 is 1.67 bits per heavy atom. The van der Waals surface area contributed by atoms with Crippen LogP contribution in [-0.4, -0.2) is 72.0 Å². The largest absolute Gasteiger partial charge is 0.480 e. The Kier molecular flexibility index (Phi) is 14.9. The Labute approximate surface area is 182 Å². The predicted molar refractivity (Wildman–Crippen MR) is 118 cm³/mol. The Bertz CT molecular complexity index is 561. The molecule has 0 aliphatic heterocycles. The minimum absolute atomic E-state index is 0.117. The van der Waals surface area contributed by atoms with Gasteiger partial charge in [0, 0.05) is 0 Å². The third-order valence-corrected chi connectivity index (χ3v) is 4.96. The van der Waals surface area contributed by atoms with Crippen molar-refractivity contribution in [3.05, 3.63) is 0 Å². The predicted octanol–water partition coefficient (Wildman–Crippen LogP) is -0.588. The summed E-state index contributed by atoms with van der Waals surface area (Å²) in [5, 5.41) is 16.7. The number of amides is 3. The summed E-state index contributed by atoms with van der Waals surface area (Å²) >= 11 is 1.48. The number of carboxylic acids is 1. The zero-order valence-electron chi connectivity index (χ0n) is 18.1. The van der Waals surface area contributed by atoms with Crippen molar-refractivity contribution in [2.75, 3.05) is 25.1 Å². The minimum atomic E-state index is -1.13. The summed E-state index contributed by atoms with van der Waals surface area (Å²) in [5.74, 6) is -1.98. The molecule has 0 aliphatic carbocycles. The van der Waals surface area contributed by atoms with Gasteiger partial charge in [0.05, 0.1) is 12.6 Å². The zero-order chi connectivity index (χ0) is 23.1. The van der Waals surface area contributed by atoms with Gasteiger partial charge in [0.15, 0.2) is 0 Å². The van der Waals surface area contributed by atoms with Gasteiger partial charge in [-0.05, 0) is 50.2 Å². The summed E-state index contributed by atoms with van der Waals surface area (Å²) in [6, 6.07) is -2.59. The molecular weight excluding hydrogens is 410 g/mol. The lowest BCUT2D eigenvalue weighted by Crippen LogP contribution is -2.53. The molecule has 11 heteroatoms. The summed E-state index contributed by atoms with van der Waals surface area (Å²) in [6.07, 6.45) is 4.45. The molecule has 0 aliphatic rings. The van der Waals surface area contributed by atoms with Crippen LogP contribution in [0.2, 0.25) is 0 Å². The molecule has 0 rings (SSSR count). The van der Waals surface area contributed by atoms with E-state index in [0.29, 0.717) is 31.6 Å². The van der Waals surface area contributed by atoms with Crippen LogP contribution in [0.1, 0.15) is 46.0 Å². The second-order valence-electron chi connectivity index (χ2n) is 7.54. The van der Waals surface area contributed by atoms with Crippen LogP contribution in [-0.2, 0) is 19.2 Å². The van der Waals surface area contributed by atoms with Crippen LogP contribution in [0.25, 0.3) is 0 Å². The van der Waals surface area contributed by atoms with Gasteiger partial charge >= 0.3 is 5.97 Å². The molecule has 10 nitrogen and oxygen atoms in total. The normalized spacial score (nSPS) is 13.9. The van der Waals surface area contributed by atoms with Crippen LogP contribution in [0.15, 0.2) is 0 Å². The number of carbonyl (C=O) groups excluding carboxylic acids is 3. The Morgan fingerprint density at radius 3 is 2.20 bits per heavy atom. The molecule has 174 valence electrons. The number of unbranched alkanes of at least 4 members (excludes halogenated alkanes) is 1. The van der Waals surface area contributed by atoms with Crippen LogP contribution >= 0.6 is 11.8 Å². The molecule has 0 aromatic heterocycles. The van der Waals surface area contributed by atoms with Crippen LogP contribution in [0, 0.1) is 5.92 Å². The zero-order valence-corrected chi connectivity index (χ0v) is 18.9. The number of carboxylic acid groups (broad SMARTS) is 1. The van der Waals surface area contributed by atoms with Gasteiger partial charge in [-0.25, -0.2) is 4.79 Å². The molecule has 0 spiro atoms. The lowest BCUT2D eigenvalue weighted by Gasteiger charge is -2.22. The third-order valence-electron chi connectivity index (χ3n) is 4.31. The highest BCUT2D eigenvalue weighted by Crippen LogP contribution is 2.07. The van der Waals surface area contributed by atoms with Crippen LogP contribution in [0.3, 0.4) is 0 Å². The lowest BCUT2D eigenvalue weighted by atomic mass is 10.0. The topological polar surface area (TPSA) is 177 Å². The maximum Gasteiger partial charge on any atom is 0.326 e. The average molecular weight is 448 g/mol. The van der Waals surface area contributed by atoms with Crippen LogP contribution < -0.4 is 27.4 Å².